The largest absolute Gasteiger partial charge is 0.488 e. The van der Waals surface area contributed by atoms with E-state index >= 15 is 0 Å². The Hall–Kier alpha value is -2.91. The van der Waals surface area contributed by atoms with E-state index in [2.05, 4.69) is 48.3 Å². The molecule has 9 heterocycles. The van der Waals surface area contributed by atoms with Crippen molar-refractivity contribution in [3.8, 4) is 0 Å². The van der Waals surface area contributed by atoms with Crippen molar-refractivity contribution in [3.05, 3.63) is 130 Å². The summed E-state index contributed by atoms with van der Waals surface area (Å²) in [5, 5.41) is 89.4. The van der Waals surface area contributed by atoms with Crippen molar-refractivity contribution in [1.82, 2.24) is 38.2 Å². The van der Waals surface area contributed by atoms with E-state index in [9.17, 15) is 117 Å². The topological polar surface area (TPSA) is 702 Å². The molecule has 5 saturated heterocycles. The van der Waals surface area contributed by atoms with Gasteiger partial charge >= 0.3 is 67.5 Å². The van der Waals surface area contributed by atoms with Crippen molar-refractivity contribution in [2.45, 2.75) is 152 Å². The first kappa shape index (κ1) is 89.0. The molecule has 59 heteroatoms. The van der Waals surface area contributed by atoms with Gasteiger partial charge in [-0.05, 0) is 85.6 Å². The zero-order valence-corrected chi connectivity index (χ0v) is 62.8. The molecular weight excluding hydrogens is 1650 g/mol. The Bertz CT molecular complexity index is 4540. The number of halogens is 2. The molecular formula is C44H67Cl2N8O39P7S3. The number of nitrogens with one attached hydrogen (secondary N) is 4. The van der Waals surface area contributed by atoms with Crippen molar-refractivity contribution in [2.75, 3.05) is 26.4 Å². The van der Waals surface area contributed by atoms with E-state index in [-0.39, 0.29) is 42.0 Å². The zero-order valence-electron chi connectivity index (χ0n) is 52.6. The molecule has 584 valence electrons. The molecule has 5 aliphatic heterocycles. The third-order valence-electron chi connectivity index (χ3n) is 14.6. The summed E-state index contributed by atoms with van der Waals surface area (Å²) in [7, 11) is -21.1. The summed E-state index contributed by atoms with van der Waals surface area (Å²) in [6, 6.07) is 0. The molecule has 4 aromatic heterocycles. The van der Waals surface area contributed by atoms with Crippen LogP contribution < -0.4 is 45.0 Å². The normalized spacial score (nSPS) is 32.6. The summed E-state index contributed by atoms with van der Waals surface area (Å²) in [6.07, 6.45) is -16.7. The van der Waals surface area contributed by atoms with E-state index in [1.165, 1.54) is 27.7 Å². The van der Waals surface area contributed by atoms with Crippen LogP contribution >= 0.6 is 72.2 Å². The Labute approximate surface area is 598 Å². The lowest BCUT2D eigenvalue weighted by Gasteiger charge is -2.30. The fourth-order valence-corrected chi connectivity index (χ4v) is 21.2. The van der Waals surface area contributed by atoms with Crippen LogP contribution in [0.2, 0.25) is 0 Å². The molecule has 0 aromatic carbocycles. The Balaban J connectivity index is 0.000000219. The molecule has 8 unspecified atom stereocenters. The fourth-order valence-electron chi connectivity index (χ4n) is 9.71. The van der Waals surface area contributed by atoms with E-state index in [4.69, 9.17) is 93.5 Å². The summed E-state index contributed by atoms with van der Waals surface area (Å²) in [6.45, 7) is -3.42. The van der Waals surface area contributed by atoms with Crippen LogP contribution in [0, 0.1) is 0 Å². The number of aryl methyl sites for hydroxylation is 4. The smallest absolute Gasteiger partial charge is 0.394 e. The maximum absolute atomic E-state index is 12.1. The highest BCUT2D eigenvalue weighted by molar-refractivity contribution is 8.36. The molecule has 0 saturated carbocycles. The van der Waals surface area contributed by atoms with Gasteiger partial charge in [0.25, 0.3) is 22.2 Å². The van der Waals surface area contributed by atoms with E-state index in [1.54, 1.807) is 27.7 Å². The lowest BCUT2D eigenvalue weighted by Crippen LogP contribution is -2.36. The van der Waals surface area contributed by atoms with Crippen LogP contribution in [0.25, 0.3) is 0 Å². The number of ether oxygens (including phenoxy) is 4. The van der Waals surface area contributed by atoms with Crippen molar-refractivity contribution >= 4 is 108 Å². The molecule has 0 radical (unpaired) electrons. The standard InChI is InChI=1S/C11H15Cl2N2O6PS.C11H19N2O14P3S.C11H17N2O13P3S.C11H16N2O6/c1-2-15-3-5(10(18)14-11(15)19)9-8(17)7(16)6(21-9)4-20-22(12,13)23;1-2-13-3-5(10(16)12-11(13)17)9-8(15)7(14)6(25-9)4-24-30(23,31)27-29(21,22)26-28(18,19)20;1-2-13-3-5(10(16)12-11(13)17)9-8(15)7(14)6(23-9)4-22-29(30)25-27(18,19)24-28(20,21)26-29;1-2-13-3-5(10(17)12-11(13)18)9-8(16)7(15)6(4-14)19-9/h3,6-9,16-17H,2,4H2,1H3,(H,14,18,19);3,6-9,14-15H,2,4H2,1H3,(H,21,22)(H,23,31)(H,12,16,17)(H2,18,19,20);3,6-9,14-15H,2,4H2,1H3,(H,18,19)(H,20,21)(H,12,16,17);3,6-9,14-16H,2,4H2,1H3,(H,12,17,18)/t6-,7+,8?,9+;6-,7+,8?,9+,30?;2*6-,7+,8?,9+/m1111/s1. The van der Waals surface area contributed by atoms with E-state index in [0.717, 1.165) is 15.3 Å². The molecule has 0 amide bonds. The lowest BCUT2D eigenvalue weighted by molar-refractivity contribution is -0.0233. The molecule has 0 aliphatic carbocycles. The summed E-state index contributed by atoms with van der Waals surface area (Å²) < 4.78 is 107. The zero-order chi connectivity index (χ0) is 77.8. The number of aliphatic hydroxyl groups is 9. The first-order valence-electron chi connectivity index (χ1n) is 28.9. The van der Waals surface area contributed by atoms with Gasteiger partial charge in [0.2, 0.25) is 4.97 Å². The van der Waals surface area contributed by atoms with Gasteiger partial charge in [-0.25, -0.2) is 50.4 Å². The highest BCUT2D eigenvalue weighted by Crippen LogP contribution is 2.80. The SMILES string of the molecule is CCn1cc([C@@H]2O[C@H](CO)[C@H](O)C2O)c(=O)[nH]c1=O.CCn1cc([C@@H]2O[C@H](COP(=S)(Cl)Cl)[C@H](O)C2O)c(=O)[nH]c1=O.CCn1cc([C@@H]2O[C@H](COP(O)(=S)OP(=O)(O)OP(=O)(O)O)[C@H](O)C2O)c(=O)[nH]c1=O.CCn1cc([C@@H]2O[C@H](COP3(=S)OP(=O)(O)OP(=O)(O)O3)[C@H](O)C2O)c(=O)[nH]c1=O. The minimum atomic E-state index is -5.53. The fraction of sp³-hybridized carbons (Fsp3) is 0.636. The van der Waals surface area contributed by atoms with Crippen LogP contribution in [-0.4, -0.2) is 213 Å². The van der Waals surface area contributed by atoms with Gasteiger partial charge in [-0.1, -0.05) is 0 Å². The molecule has 103 heavy (non-hydrogen) atoms. The number of aromatic nitrogens is 8. The monoisotopic (exact) mass is 1710 g/mol. The van der Waals surface area contributed by atoms with Crippen LogP contribution in [0.5, 0.6) is 0 Å². The second-order valence-corrected chi connectivity index (χ2v) is 40.9. The van der Waals surface area contributed by atoms with Gasteiger partial charge in [0.1, 0.15) is 97.7 Å². The van der Waals surface area contributed by atoms with E-state index in [0.29, 0.717) is 13.1 Å². The van der Waals surface area contributed by atoms with Gasteiger partial charge in [0.05, 0.1) is 48.7 Å². The van der Waals surface area contributed by atoms with Crippen LogP contribution in [0.15, 0.2) is 63.1 Å². The van der Waals surface area contributed by atoms with Gasteiger partial charge in [0.15, 0.2) is 0 Å². The number of phosphoric acid groups is 4. The highest BCUT2D eigenvalue weighted by atomic mass is 35.9. The van der Waals surface area contributed by atoms with Crippen molar-refractivity contribution < 1.29 is 148 Å². The second-order valence-electron chi connectivity index (χ2n) is 21.5. The van der Waals surface area contributed by atoms with Crippen LogP contribution in [0.3, 0.4) is 0 Å². The number of nitrogens with zero attached hydrogens (tertiary/aromatic N) is 4. The molecule has 20 atom stereocenters. The van der Waals surface area contributed by atoms with Crippen molar-refractivity contribution in [2.24, 2.45) is 0 Å². The molecule has 0 spiro atoms. The van der Waals surface area contributed by atoms with E-state index in [1.807, 2.05) is 4.98 Å². The highest BCUT2D eigenvalue weighted by Gasteiger charge is 2.54. The molecule has 5 fully saturated rings. The molecule has 4 aromatic rings. The number of rotatable bonds is 22. The Morgan fingerprint density at radius 3 is 1.03 bits per heavy atom. The van der Waals surface area contributed by atoms with Crippen molar-refractivity contribution in [3.63, 3.8) is 0 Å². The maximum atomic E-state index is 12.1. The summed E-state index contributed by atoms with van der Waals surface area (Å²) >= 11 is 25.1. The first-order chi connectivity index (χ1) is 47.4. The van der Waals surface area contributed by atoms with Crippen molar-refractivity contribution in [1.29, 1.82) is 0 Å². The second kappa shape index (κ2) is 35.8. The van der Waals surface area contributed by atoms with Crippen LogP contribution in [-0.2, 0) is 134 Å². The average Bonchev–Trinajstić information content (AvgIpc) is 1.75. The summed E-state index contributed by atoms with van der Waals surface area (Å²) in [5.41, 5.74) is -5.85. The minimum absolute atomic E-state index is 0.0247. The molecule has 0 bridgehead atoms. The van der Waals surface area contributed by atoms with Gasteiger partial charge in [-0.15, -0.1) is 0 Å². The van der Waals surface area contributed by atoms with Crippen LogP contribution in [0.4, 0.5) is 0 Å². The maximum Gasteiger partial charge on any atom is 0.488 e. The number of aliphatic hydroxyl groups excluding tert-OH is 9. The quantitative estimate of drug-likeness (QED) is 0.0330. The third-order valence-corrected chi connectivity index (χ3v) is 27.5. The molecule has 5 aliphatic rings. The van der Waals surface area contributed by atoms with Gasteiger partial charge in [0, 0.05) is 51.0 Å². The predicted molar refractivity (Wildman–Crippen MR) is 355 cm³/mol. The lowest BCUT2D eigenvalue weighted by atomic mass is 10.0. The third kappa shape index (κ3) is 23.6. The summed E-state index contributed by atoms with van der Waals surface area (Å²) in [4.78, 5) is 154. The van der Waals surface area contributed by atoms with E-state index < -0.39 is 212 Å². The average molecular weight is 1720 g/mol. The van der Waals surface area contributed by atoms with Gasteiger partial charge in [-0.3, -0.25) is 39.1 Å². The molecule has 47 nitrogen and oxygen atoms in total. The predicted octanol–water partition coefficient (Wildman–Crippen LogP) is -4.45. The Morgan fingerprint density at radius 1 is 0.476 bits per heavy atom. The minimum Gasteiger partial charge on any atom is -0.394 e. The summed E-state index contributed by atoms with van der Waals surface area (Å²) in [5.74, 6) is 0. The number of aromatic amines is 4. The Morgan fingerprint density at radius 2 is 0.757 bits per heavy atom. The first-order valence-corrected chi connectivity index (χ1v) is 44.6. The van der Waals surface area contributed by atoms with Gasteiger partial charge in [-0.2, -0.15) is 8.62 Å². The number of hydrogen-bond donors (Lipinski definition) is 19. The number of H-pyrrole nitrogens is 4. The van der Waals surface area contributed by atoms with Crippen LogP contribution in [0.1, 0.15) is 74.4 Å². The molecule has 19 N–H and O–H groups in total. The Kier molecular flexibility index (Phi) is 31.0. The number of hydrogen-bond acceptors (Lipinski definition) is 36. The van der Waals surface area contributed by atoms with Gasteiger partial charge < -0.3 is 126 Å². The molecule has 9 rings (SSSR count).